The Balaban J connectivity index is 1.70. The number of benzene rings is 1. The van der Waals surface area contributed by atoms with Gasteiger partial charge in [-0.1, -0.05) is 43.2 Å². The van der Waals surface area contributed by atoms with Gasteiger partial charge in [0.15, 0.2) is 5.82 Å². The average Bonchev–Trinajstić information content (AvgIpc) is 3.05. The summed E-state index contributed by atoms with van der Waals surface area (Å²) in [7, 11) is 1.67. The minimum absolute atomic E-state index is 0.630. The molecule has 2 aromatic rings. The van der Waals surface area contributed by atoms with Crippen LogP contribution in [0.3, 0.4) is 0 Å². The molecule has 0 N–H and O–H groups in total. The molecule has 1 aliphatic heterocycles. The van der Waals surface area contributed by atoms with E-state index in [0.717, 1.165) is 28.0 Å². The van der Waals surface area contributed by atoms with Crippen LogP contribution < -0.4 is 4.74 Å². The number of ether oxygens (including phenoxy) is 1. The Morgan fingerprint density at radius 2 is 2.04 bits per heavy atom. The van der Waals surface area contributed by atoms with E-state index in [1.165, 1.54) is 37.8 Å². The van der Waals surface area contributed by atoms with Crippen LogP contribution in [0.5, 0.6) is 5.75 Å². The van der Waals surface area contributed by atoms with Crippen molar-refractivity contribution in [1.82, 2.24) is 14.9 Å². The Morgan fingerprint density at radius 3 is 2.87 bits per heavy atom. The lowest BCUT2D eigenvalue weighted by molar-refractivity contribution is 0.415. The number of rotatable bonds is 3. The van der Waals surface area contributed by atoms with Crippen LogP contribution in [-0.4, -0.2) is 33.4 Å². The molecule has 2 heterocycles. The second-order valence-corrected chi connectivity index (χ2v) is 7.01. The lowest BCUT2D eigenvalue weighted by Crippen LogP contribution is -2.23. The van der Waals surface area contributed by atoms with Crippen molar-refractivity contribution in [2.45, 2.75) is 37.3 Å². The molecule has 120 valence electrons. The summed E-state index contributed by atoms with van der Waals surface area (Å²) in [6.45, 7) is 0. The SMILES string of the molecule is COc1cccc(-c2nnc3n2N=C(C2CCCCC2)CS3)c1. The fourth-order valence-electron chi connectivity index (χ4n) is 3.32. The van der Waals surface area contributed by atoms with Crippen LogP contribution in [-0.2, 0) is 0 Å². The fraction of sp³-hybridized carbons (Fsp3) is 0.471. The second-order valence-electron chi connectivity index (χ2n) is 6.06. The van der Waals surface area contributed by atoms with Crippen LogP contribution in [0.15, 0.2) is 34.5 Å². The van der Waals surface area contributed by atoms with Crippen LogP contribution in [0.4, 0.5) is 0 Å². The van der Waals surface area contributed by atoms with Gasteiger partial charge >= 0.3 is 0 Å². The Labute approximate surface area is 140 Å². The van der Waals surface area contributed by atoms with E-state index < -0.39 is 0 Å². The summed E-state index contributed by atoms with van der Waals surface area (Å²) in [4.78, 5) is 0. The van der Waals surface area contributed by atoms with Crippen molar-refractivity contribution >= 4 is 17.5 Å². The van der Waals surface area contributed by atoms with Crippen molar-refractivity contribution in [3.8, 4) is 17.1 Å². The summed E-state index contributed by atoms with van der Waals surface area (Å²) in [6.07, 6.45) is 6.55. The van der Waals surface area contributed by atoms with Crippen LogP contribution in [0, 0.1) is 5.92 Å². The molecule has 2 aliphatic rings. The molecule has 0 unspecified atom stereocenters. The molecule has 1 aliphatic carbocycles. The number of thioether (sulfide) groups is 1. The fourth-order valence-corrected chi connectivity index (χ4v) is 4.24. The van der Waals surface area contributed by atoms with Crippen LogP contribution in [0.25, 0.3) is 11.4 Å². The topological polar surface area (TPSA) is 52.3 Å². The maximum Gasteiger partial charge on any atom is 0.212 e. The van der Waals surface area contributed by atoms with Crippen molar-refractivity contribution in [1.29, 1.82) is 0 Å². The molecule has 4 rings (SSSR count). The molecular formula is C17H20N4OS. The first-order chi connectivity index (χ1) is 11.3. The molecule has 6 heteroatoms. The Hall–Kier alpha value is -1.82. The zero-order chi connectivity index (χ0) is 15.6. The predicted octanol–water partition coefficient (Wildman–Crippen LogP) is 3.84. The largest absolute Gasteiger partial charge is 0.497 e. The first-order valence-electron chi connectivity index (χ1n) is 8.15. The summed E-state index contributed by atoms with van der Waals surface area (Å²) in [5.41, 5.74) is 2.28. The third kappa shape index (κ3) is 2.87. The first kappa shape index (κ1) is 14.8. The van der Waals surface area contributed by atoms with E-state index in [1.807, 2.05) is 28.9 Å². The van der Waals surface area contributed by atoms with Gasteiger partial charge in [0.1, 0.15) is 5.75 Å². The van der Waals surface area contributed by atoms with Crippen molar-refractivity contribution < 1.29 is 4.74 Å². The molecule has 0 spiro atoms. The van der Waals surface area contributed by atoms with Gasteiger partial charge in [0.25, 0.3) is 0 Å². The number of nitrogens with zero attached hydrogens (tertiary/aromatic N) is 4. The molecule has 0 amide bonds. The minimum Gasteiger partial charge on any atom is -0.497 e. The molecule has 0 bridgehead atoms. The van der Waals surface area contributed by atoms with Crippen LogP contribution in [0.1, 0.15) is 32.1 Å². The smallest absolute Gasteiger partial charge is 0.212 e. The number of methoxy groups -OCH3 is 1. The lowest BCUT2D eigenvalue weighted by Gasteiger charge is -2.25. The van der Waals surface area contributed by atoms with Gasteiger partial charge in [-0.25, -0.2) is 0 Å². The molecule has 5 nitrogen and oxygen atoms in total. The molecule has 0 atom stereocenters. The minimum atomic E-state index is 0.630. The molecule has 0 radical (unpaired) electrons. The molecular weight excluding hydrogens is 308 g/mol. The monoisotopic (exact) mass is 328 g/mol. The normalized spacial score (nSPS) is 18.4. The highest BCUT2D eigenvalue weighted by Crippen LogP contribution is 2.33. The summed E-state index contributed by atoms with van der Waals surface area (Å²) in [5, 5.41) is 14.4. The van der Waals surface area contributed by atoms with Gasteiger partial charge in [-0.05, 0) is 30.9 Å². The maximum absolute atomic E-state index is 5.31. The standard InChI is InChI=1S/C17H20N4OS/c1-22-14-9-5-8-13(10-14)16-18-19-17-21(16)20-15(11-23-17)12-6-3-2-4-7-12/h5,8-10,12H,2-4,6-7,11H2,1H3. The van der Waals surface area contributed by atoms with Gasteiger partial charge in [0.2, 0.25) is 5.16 Å². The lowest BCUT2D eigenvalue weighted by atomic mass is 9.86. The van der Waals surface area contributed by atoms with E-state index in [9.17, 15) is 0 Å². The highest BCUT2D eigenvalue weighted by Gasteiger charge is 2.25. The van der Waals surface area contributed by atoms with Crippen LogP contribution in [0.2, 0.25) is 0 Å². The molecule has 0 saturated heterocycles. The summed E-state index contributed by atoms with van der Waals surface area (Å²) < 4.78 is 7.22. The van der Waals surface area contributed by atoms with E-state index in [-0.39, 0.29) is 0 Å². The van der Waals surface area contributed by atoms with Gasteiger partial charge in [0.05, 0.1) is 12.8 Å². The Kier molecular flexibility index (Phi) is 4.08. The molecule has 1 aromatic carbocycles. The van der Waals surface area contributed by atoms with E-state index in [2.05, 4.69) is 10.2 Å². The number of aromatic nitrogens is 3. The Morgan fingerprint density at radius 1 is 1.17 bits per heavy atom. The van der Waals surface area contributed by atoms with Crippen molar-refractivity contribution in [3.05, 3.63) is 24.3 Å². The molecule has 1 saturated carbocycles. The van der Waals surface area contributed by atoms with Gasteiger partial charge in [0, 0.05) is 11.3 Å². The van der Waals surface area contributed by atoms with Crippen molar-refractivity contribution in [2.24, 2.45) is 11.0 Å². The van der Waals surface area contributed by atoms with E-state index in [0.29, 0.717) is 5.92 Å². The van der Waals surface area contributed by atoms with Crippen molar-refractivity contribution in [3.63, 3.8) is 0 Å². The predicted molar refractivity (Wildman–Crippen MR) is 92.1 cm³/mol. The number of hydrogen-bond donors (Lipinski definition) is 0. The van der Waals surface area contributed by atoms with Gasteiger partial charge in [-0.3, -0.25) is 0 Å². The molecule has 1 fully saturated rings. The van der Waals surface area contributed by atoms with Gasteiger partial charge in [-0.2, -0.15) is 9.78 Å². The van der Waals surface area contributed by atoms with Gasteiger partial charge in [-0.15, -0.1) is 10.2 Å². The molecule has 23 heavy (non-hydrogen) atoms. The number of hydrogen-bond acceptors (Lipinski definition) is 5. The van der Waals surface area contributed by atoms with E-state index >= 15 is 0 Å². The van der Waals surface area contributed by atoms with E-state index in [4.69, 9.17) is 9.84 Å². The van der Waals surface area contributed by atoms with E-state index in [1.54, 1.807) is 18.9 Å². The zero-order valence-corrected chi connectivity index (χ0v) is 14.1. The first-order valence-corrected chi connectivity index (χ1v) is 9.14. The quantitative estimate of drug-likeness (QED) is 0.859. The zero-order valence-electron chi connectivity index (χ0n) is 13.2. The summed E-state index contributed by atoms with van der Waals surface area (Å²) >= 11 is 1.74. The third-order valence-electron chi connectivity index (χ3n) is 4.59. The maximum atomic E-state index is 5.31. The summed E-state index contributed by atoms with van der Waals surface area (Å²) in [5.74, 6) is 3.19. The second kappa shape index (κ2) is 6.35. The van der Waals surface area contributed by atoms with Gasteiger partial charge < -0.3 is 4.74 Å². The van der Waals surface area contributed by atoms with Crippen LogP contribution >= 0.6 is 11.8 Å². The summed E-state index contributed by atoms with van der Waals surface area (Å²) in [6, 6.07) is 7.90. The van der Waals surface area contributed by atoms with Crippen molar-refractivity contribution in [2.75, 3.05) is 12.9 Å². The molecule has 1 aromatic heterocycles. The number of fused-ring (bicyclic) bond motifs is 1. The highest BCUT2D eigenvalue weighted by atomic mass is 32.2. The Bertz CT molecular complexity index is 734. The average molecular weight is 328 g/mol. The third-order valence-corrected chi connectivity index (χ3v) is 5.55. The highest BCUT2D eigenvalue weighted by molar-refractivity contribution is 7.99.